The monoisotopic (exact) mass is 486 g/mol. The summed E-state index contributed by atoms with van der Waals surface area (Å²) in [7, 11) is -1.92. The Kier molecular flexibility index (Phi) is 7.17. The number of sulfone groups is 1. The van der Waals surface area contributed by atoms with E-state index in [0.717, 1.165) is 42.4 Å². The molecule has 0 atom stereocenters. The van der Waals surface area contributed by atoms with E-state index in [1.54, 1.807) is 55.8 Å². The minimum atomic E-state index is -3.58. The summed E-state index contributed by atoms with van der Waals surface area (Å²) in [5.41, 5.74) is 4.38. The second-order valence-electron chi connectivity index (χ2n) is 8.27. The molecule has 1 saturated heterocycles. The molecule has 1 aromatic heterocycles. The van der Waals surface area contributed by atoms with E-state index in [0.29, 0.717) is 5.02 Å². The van der Waals surface area contributed by atoms with Crippen LogP contribution in [0.4, 0.5) is 5.69 Å². The van der Waals surface area contributed by atoms with Crippen molar-refractivity contribution in [1.82, 2.24) is 15.4 Å². The number of piperidine rings is 1. The molecular formula is C24H27ClN4O3S. The first-order valence-electron chi connectivity index (χ1n) is 10.9. The number of pyridine rings is 1. The van der Waals surface area contributed by atoms with Crippen molar-refractivity contribution in [3.63, 3.8) is 0 Å². The first-order valence-corrected chi connectivity index (χ1v) is 12.9. The number of anilines is 1. The van der Waals surface area contributed by atoms with Gasteiger partial charge >= 0.3 is 0 Å². The predicted octanol–water partition coefficient (Wildman–Crippen LogP) is 3.68. The van der Waals surface area contributed by atoms with Crippen molar-refractivity contribution < 1.29 is 13.2 Å². The van der Waals surface area contributed by atoms with Gasteiger partial charge in [-0.3, -0.25) is 14.8 Å². The average molecular weight is 487 g/mol. The molecule has 2 aromatic carbocycles. The fourth-order valence-corrected chi connectivity index (χ4v) is 5.50. The van der Waals surface area contributed by atoms with Gasteiger partial charge < -0.3 is 4.90 Å². The number of nitrogens with one attached hydrogen (secondary N) is 1. The van der Waals surface area contributed by atoms with E-state index in [2.05, 4.69) is 15.3 Å². The van der Waals surface area contributed by atoms with Crippen molar-refractivity contribution in [2.45, 2.75) is 30.2 Å². The molecule has 0 radical (unpaired) electrons. The Bertz CT molecular complexity index is 1230. The summed E-state index contributed by atoms with van der Waals surface area (Å²) >= 11 is 6.00. The molecular weight excluding hydrogens is 460 g/mol. The standard InChI is InChI=1S/C24H27ClN4O3S/c1-28(27-21-8-13-29(14-9-21)22-6-11-26-12-7-22)24(30)10-15-33(31,32)23-5-3-18-16-20(25)4-2-19(18)17-23/h2-7,11-12,16-17,21,27H,8-10,13-15H2,1H3. The topological polar surface area (TPSA) is 82.6 Å². The van der Waals surface area contributed by atoms with E-state index in [-0.39, 0.29) is 29.0 Å². The largest absolute Gasteiger partial charge is 0.371 e. The maximum atomic E-state index is 12.8. The molecule has 0 aliphatic carbocycles. The lowest BCUT2D eigenvalue weighted by Gasteiger charge is -2.35. The highest BCUT2D eigenvalue weighted by Crippen LogP contribution is 2.24. The van der Waals surface area contributed by atoms with Crippen molar-refractivity contribution in [1.29, 1.82) is 0 Å². The average Bonchev–Trinajstić information content (AvgIpc) is 2.83. The van der Waals surface area contributed by atoms with Gasteiger partial charge in [-0.2, -0.15) is 0 Å². The Morgan fingerprint density at radius 2 is 1.76 bits per heavy atom. The van der Waals surface area contributed by atoms with Crippen LogP contribution in [0.3, 0.4) is 0 Å². The predicted molar refractivity (Wildman–Crippen MR) is 131 cm³/mol. The van der Waals surface area contributed by atoms with Crippen molar-refractivity contribution in [2.24, 2.45) is 0 Å². The van der Waals surface area contributed by atoms with Crippen LogP contribution >= 0.6 is 11.6 Å². The SMILES string of the molecule is CN(NC1CCN(c2ccncc2)CC1)C(=O)CCS(=O)(=O)c1ccc2cc(Cl)ccc2c1. The number of carbonyl (C=O) groups excluding carboxylic acids is 1. The highest BCUT2D eigenvalue weighted by atomic mass is 35.5. The van der Waals surface area contributed by atoms with Gasteiger partial charge in [0.25, 0.3) is 0 Å². The normalized spacial score (nSPS) is 15.0. The third-order valence-corrected chi connectivity index (χ3v) is 7.94. The quantitative estimate of drug-likeness (QED) is 0.513. The van der Waals surface area contributed by atoms with Gasteiger partial charge in [0, 0.05) is 55.7 Å². The molecule has 4 rings (SSSR count). The Morgan fingerprint density at radius 1 is 1.09 bits per heavy atom. The number of hydrogen-bond donors (Lipinski definition) is 1. The number of aromatic nitrogens is 1. The summed E-state index contributed by atoms with van der Waals surface area (Å²) in [6.45, 7) is 1.76. The van der Waals surface area contributed by atoms with Crippen LogP contribution < -0.4 is 10.3 Å². The zero-order chi connectivity index (χ0) is 23.4. The molecule has 3 aromatic rings. The first-order chi connectivity index (χ1) is 15.8. The molecule has 174 valence electrons. The molecule has 7 nitrogen and oxygen atoms in total. The van der Waals surface area contributed by atoms with Crippen molar-refractivity contribution in [2.75, 3.05) is 30.8 Å². The molecule has 1 aliphatic rings. The summed E-state index contributed by atoms with van der Waals surface area (Å²) < 4.78 is 25.6. The van der Waals surface area contributed by atoms with E-state index in [4.69, 9.17) is 11.6 Å². The fourth-order valence-electron chi connectivity index (χ4n) is 4.06. The Labute approximate surface area is 199 Å². The van der Waals surface area contributed by atoms with Gasteiger partial charge in [0.15, 0.2) is 9.84 Å². The summed E-state index contributed by atoms with van der Waals surface area (Å²) in [5, 5.41) is 3.70. The molecule has 1 N–H and O–H groups in total. The number of nitrogens with zero attached hydrogens (tertiary/aromatic N) is 3. The number of benzene rings is 2. The van der Waals surface area contributed by atoms with Crippen LogP contribution in [0.15, 0.2) is 65.8 Å². The third-order valence-electron chi connectivity index (χ3n) is 5.99. The maximum absolute atomic E-state index is 12.8. The van der Waals surface area contributed by atoms with Crippen molar-refractivity contribution in [3.8, 4) is 0 Å². The van der Waals surface area contributed by atoms with Gasteiger partial charge in [-0.25, -0.2) is 13.8 Å². The minimum Gasteiger partial charge on any atom is -0.371 e. The zero-order valence-electron chi connectivity index (χ0n) is 18.4. The van der Waals surface area contributed by atoms with Crippen LogP contribution in [0.1, 0.15) is 19.3 Å². The lowest BCUT2D eigenvalue weighted by molar-refractivity contribution is -0.133. The maximum Gasteiger partial charge on any atom is 0.237 e. The van der Waals surface area contributed by atoms with Crippen molar-refractivity contribution in [3.05, 3.63) is 65.9 Å². The Morgan fingerprint density at radius 3 is 2.48 bits per heavy atom. The van der Waals surface area contributed by atoms with Gasteiger partial charge in [-0.15, -0.1) is 0 Å². The molecule has 9 heteroatoms. The number of rotatable bonds is 7. The lowest BCUT2D eigenvalue weighted by atomic mass is 10.1. The molecule has 33 heavy (non-hydrogen) atoms. The van der Waals surface area contributed by atoms with Crippen LogP contribution in [0.25, 0.3) is 10.8 Å². The van der Waals surface area contributed by atoms with Gasteiger partial charge in [-0.1, -0.05) is 23.7 Å². The van der Waals surface area contributed by atoms with Crippen LogP contribution in [-0.4, -0.2) is 56.2 Å². The van der Waals surface area contributed by atoms with Crippen LogP contribution in [0.2, 0.25) is 5.02 Å². The molecule has 0 unspecified atom stereocenters. The van der Waals surface area contributed by atoms with Crippen molar-refractivity contribution >= 4 is 43.8 Å². The van der Waals surface area contributed by atoms with Crippen LogP contribution in [-0.2, 0) is 14.6 Å². The number of halogens is 1. The summed E-state index contributed by atoms with van der Waals surface area (Å²) in [4.78, 5) is 19.2. The van der Waals surface area contributed by atoms with E-state index < -0.39 is 9.84 Å². The highest BCUT2D eigenvalue weighted by molar-refractivity contribution is 7.91. The highest BCUT2D eigenvalue weighted by Gasteiger charge is 2.23. The van der Waals surface area contributed by atoms with E-state index in [9.17, 15) is 13.2 Å². The summed E-state index contributed by atoms with van der Waals surface area (Å²) in [6, 6.07) is 14.4. The number of hydrogen-bond acceptors (Lipinski definition) is 6. The molecule has 1 amide bonds. The van der Waals surface area contributed by atoms with Crippen LogP contribution in [0, 0.1) is 0 Å². The summed E-state index contributed by atoms with van der Waals surface area (Å²) in [6.07, 6.45) is 5.26. The van der Waals surface area contributed by atoms with Gasteiger partial charge in [0.2, 0.25) is 5.91 Å². The van der Waals surface area contributed by atoms with E-state index in [1.807, 2.05) is 12.1 Å². The smallest absolute Gasteiger partial charge is 0.237 e. The second kappa shape index (κ2) is 10.1. The second-order valence-corrected chi connectivity index (χ2v) is 10.8. The fraction of sp³-hybridized carbons (Fsp3) is 0.333. The van der Waals surface area contributed by atoms with E-state index >= 15 is 0 Å². The Hall–Kier alpha value is -2.68. The van der Waals surface area contributed by atoms with Crippen LogP contribution in [0.5, 0.6) is 0 Å². The summed E-state index contributed by atoms with van der Waals surface area (Å²) in [5.74, 6) is -0.486. The zero-order valence-corrected chi connectivity index (χ0v) is 20.0. The first kappa shape index (κ1) is 23.5. The molecule has 0 bridgehead atoms. The number of carbonyl (C=O) groups is 1. The minimum absolute atomic E-state index is 0.0830. The number of fused-ring (bicyclic) bond motifs is 1. The lowest BCUT2D eigenvalue weighted by Crippen LogP contribution is -2.50. The molecule has 0 spiro atoms. The molecule has 1 aliphatic heterocycles. The Balaban J connectivity index is 1.29. The van der Waals surface area contributed by atoms with Gasteiger partial charge in [0.1, 0.15) is 0 Å². The van der Waals surface area contributed by atoms with E-state index in [1.165, 1.54) is 5.01 Å². The van der Waals surface area contributed by atoms with Gasteiger partial charge in [0.05, 0.1) is 10.6 Å². The number of hydrazine groups is 1. The number of amides is 1. The van der Waals surface area contributed by atoms with Gasteiger partial charge in [-0.05, 0) is 60.0 Å². The third kappa shape index (κ3) is 5.82. The molecule has 2 heterocycles. The molecule has 1 fully saturated rings. The molecule has 0 saturated carbocycles.